The third kappa shape index (κ3) is 4.52. The molecular weight excluding hydrogens is 338 g/mol. The average Bonchev–Trinajstić information content (AvgIpc) is 3.12. The summed E-state index contributed by atoms with van der Waals surface area (Å²) in [6, 6.07) is 1.82. The number of amides is 1. The van der Waals surface area contributed by atoms with Crippen LogP contribution in [0.25, 0.3) is 0 Å². The number of likely N-dealkylation sites (tertiary alicyclic amines) is 1. The van der Waals surface area contributed by atoms with E-state index >= 15 is 0 Å². The highest BCUT2D eigenvalue weighted by Gasteiger charge is 2.30. The SMILES string of the molecule is COCCC(=O)N1CCCC[C@H]1c1nc(C)cc(Nc2nccs2)n1. The number of hydrogen-bond donors (Lipinski definition) is 1. The average molecular weight is 361 g/mol. The standard InChI is InChI=1S/C17H23N5O2S/c1-12-11-14(21-17-18-7-10-25-17)20-16(19-12)13-5-3-4-8-22(13)15(23)6-9-24-2/h7,10-11,13H,3-6,8-9H2,1-2H3,(H,18,19,20,21)/t13-/m0/s1. The van der Waals surface area contributed by atoms with Crippen LogP contribution in [-0.4, -0.2) is 46.0 Å². The van der Waals surface area contributed by atoms with Crippen molar-refractivity contribution in [1.82, 2.24) is 19.9 Å². The third-order valence-corrected chi connectivity index (χ3v) is 4.87. The van der Waals surface area contributed by atoms with Gasteiger partial charge in [0.25, 0.3) is 0 Å². The molecule has 8 heteroatoms. The first-order valence-electron chi connectivity index (χ1n) is 8.48. The lowest BCUT2D eigenvalue weighted by Gasteiger charge is -2.35. The summed E-state index contributed by atoms with van der Waals surface area (Å²) >= 11 is 1.52. The topological polar surface area (TPSA) is 80.2 Å². The molecule has 1 N–H and O–H groups in total. The Morgan fingerprint density at radius 3 is 3.08 bits per heavy atom. The van der Waals surface area contributed by atoms with Gasteiger partial charge in [0.2, 0.25) is 5.91 Å². The highest BCUT2D eigenvalue weighted by Crippen LogP contribution is 2.30. The number of carbonyl (C=O) groups is 1. The highest BCUT2D eigenvalue weighted by atomic mass is 32.1. The van der Waals surface area contributed by atoms with E-state index in [2.05, 4.69) is 20.3 Å². The fourth-order valence-corrected chi connectivity index (χ4v) is 3.57. The number of carbonyl (C=O) groups excluding carboxylic acids is 1. The van der Waals surface area contributed by atoms with Crippen molar-refractivity contribution in [2.24, 2.45) is 0 Å². The molecule has 1 fully saturated rings. The van der Waals surface area contributed by atoms with Crippen LogP contribution in [0, 0.1) is 6.92 Å². The number of methoxy groups -OCH3 is 1. The van der Waals surface area contributed by atoms with Crippen molar-refractivity contribution in [1.29, 1.82) is 0 Å². The third-order valence-electron chi connectivity index (χ3n) is 4.18. The molecule has 0 aromatic carbocycles. The lowest BCUT2D eigenvalue weighted by molar-refractivity contribution is -0.136. The summed E-state index contributed by atoms with van der Waals surface area (Å²) in [5, 5.41) is 5.92. The van der Waals surface area contributed by atoms with Crippen LogP contribution < -0.4 is 5.32 Å². The van der Waals surface area contributed by atoms with Crippen molar-refractivity contribution in [2.75, 3.05) is 25.6 Å². The Labute approximate surface area is 151 Å². The summed E-state index contributed by atoms with van der Waals surface area (Å²) in [7, 11) is 1.61. The van der Waals surface area contributed by atoms with E-state index in [0.29, 0.717) is 24.7 Å². The van der Waals surface area contributed by atoms with Gasteiger partial charge in [-0.25, -0.2) is 15.0 Å². The van der Waals surface area contributed by atoms with Gasteiger partial charge < -0.3 is 15.0 Å². The largest absolute Gasteiger partial charge is 0.384 e. The normalized spacial score (nSPS) is 17.5. The minimum absolute atomic E-state index is 0.0742. The van der Waals surface area contributed by atoms with Gasteiger partial charge in [0.1, 0.15) is 5.82 Å². The van der Waals surface area contributed by atoms with E-state index in [-0.39, 0.29) is 11.9 Å². The van der Waals surface area contributed by atoms with Gasteiger partial charge in [-0.2, -0.15) is 0 Å². The predicted molar refractivity (Wildman–Crippen MR) is 97.0 cm³/mol. The summed E-state index contributed by atoms with van der Waals surface area (Å²) < 4.78 is 5.05. The zero-order valence-corrected chi connectivity index (χ0v) is 15.4. The fraction of sp³-hybridized carbons (Fsp3) is 0.529. The van der Waals surface area contributed by atoms with E-state index in [1.807, 2.05) is 23.3 Å². The number of aromatic nitrogens is 3. The van der Waals surface area contributed by atoms with E-state index in [1.165, 1.54) is 11.3 Å². The number of anilines is 2. The van der Waals surface area contributed by atoms with Crippen LogP contribution in [0.15, 0.2) is 17.6 Å². The van der Waals surface area contributed by atoms with Crippen molar-refractivity contribution >= 4 is 28.2 Å². The minimum atomic E-state index is -0.0742. The monoisotopic (exact) mass is 361 g/mol. The first-order chi connectivity index (χ1) is 12.2. The van der Waals surface area contributed by atoms with Gasteiger partial charge in [0, 0.05) is 37.0 Å². The summed E-state index contributed by atoms with van der Waals surface area (Å²) in [5.41, 5.74) is 0.874. The smallest absolute Gasteiger partial charge is 0.225 e. The Bertz CT molecular complexity index is 707. The molecule has 3 rings (SSSR count). The summed E-state index contributed by atoms with van der Waals surface area (Å²) in [5.74, 6) is 1.52. The first-order valence-corrected chi connectivity index (χ1v) is 9.36. The maximum absolute atomic E-state index is 12.5. The van der Waals surface area contributed by atoms with E-state index in [9.17, 15) is 4.79 Å². The molecule has 1 aliphatic rings. The van der Waals surface area contributed by atoms with Gasteiger partial charge >= 0.3 is 0 Å². The van der Waals surface area contributed by atoms with E-state index in [1.54, 1.807) is 13.3 Å². The molecule has 0 aliphatic carbocycles. The molecule has 1 aliphatic heterocycles. The molecular formula is C17H23N5O2S. The molecule has 25 heavy (non-hydrogen) atoms. The molecule has 1 saturated heterocycles. The molecule has 0 spiro atoms. The van der Waals surface area contributed by atoms with Crippen molar-refractivity contribution in [2.45, 2.75) is 38.6 Å². The second-order valence-electron chi connectivity index (χ2n) is 6.06. The molecule has 0 unspecified atom stereocenters. The fourth-order valence-electron chi connectivity index (χ4n) is 3.03. The van der Waals surface area contributed by atoms with E-state index in [0.717, 1.165) is 36.6 Å². The van der Waals surface area contributed by atoms with Gasteiger partial charge in [0.15, 0.2) is 11.0 Å². The molecule has 1 atom stereocenters. The Morgan fingerprint density at radius 2 is 2.32 bits per heavy atom. The number of aryl methyl sites for hydroxylation is 1. The molecule has 0 bridgehead atoms. The second-order valence-corrected chi connectivity index (χ2v) is 6.95. The van der Waals surface area contributed by atoms with Crippen molar-refractivity contribution in [3.05, 3.63) is 29.2 Å². The Morgan fingerprint density at radius 1 is 1.44 bits per heavy atom. The van der Waals surface area contributed by atoms with E-state index < -0.39 is 0 Å². The molecule has 2 aromatic rings. The van der Waals surface area contributed by atoms with Gasteiger partial charge in [-0.1, -0.05) is 0 Å². The zero-order chi connectivity index (χ0) is 17.6. The second kappa shape index (κ2) is 8.35. The van der Waals surface area contributed by atoms with Crippen molar-refractivity contribution in [3.8, 4) is 0 Å². The molecule has 0 radical (unpaired) electrons. The maximum atomic E-state index is 12.5. The number of thiazole rings is 1. The lowest BCUT2D eigenvalue weighted by Crippen LogP contribution is -2.39. The number of piperidine rings is 1. The Hall–Kier alpha value is -2.06. The molecule has 0 saturated carbocycles. The molecule has 1 amide bonds. The van der Waals surface area contributed by atoms with Gasteiger partial charge in [-0.3, -0.25) is 4.79 Å². The Balaban J connectivity index is 1.82. The number of nitrogens with zero attached hydrogens (tertiary/aromatic N) is 4. The minimum Gasteiger partial charge on any atom is -0.384 e. The van der Waals surface area contributed by atoms with Gasteiger partial charge in [-0.05, 0) is 26.2 Å². The zero-order valence-electron chi connectivity index (χ0n) is 14.6. The van der Waals surface area contributed by atoms with Crippen LogP contribution in [0.4, 0.5) is 10.9 Å². The quantitative estimate of drug-likeness (QED) is 0.852. The molecule has 2 aromatic heterocycles. The van der Waals surface area contributed by atoms with Gasteiger partial charge in [-0.15, -0.1) is 11.3 Å². The van der Waals surface area contributed by atoms with Crippen LogP contribution in [0.3, 0.4) is 0 Å². The number of nitrogens with one attached hydrogen (secondary N) is 1. The van der Waals surface area contributed by atoms with Crippen LogP contribution in [0.5, 0.6) is 0 Å². The number of rotatable bonds is 6. The summed E-state index contributed by atoms with van der Waals surface area (Å²) in [6.45, 7) is 3.13. The van der Waals surface area contributed by atoms with Crippen molar-refractivity contribution < 1.29 is 9.53 Å². The first kappa shape index (κ1) is 17.8. The maximum Gasteiger partial charge on any atom is 0.225 e. The van der Waals surface area contributed by atoms with Crippen LogP contribution in [0.2, 0.25) is 0 Å². The summed E-state index contributed by atoms with van der Waals surface area (Å²) in [4.78, 5) is 27.9. The molecule has 134 valence electrons. The molecule has 3 heterocycles. The summed E-state index contributed by atoms with van der Waals surface area (Å²) in [6.07, 6.45) is 5.12. The highest BCUT2D eigenvalue weighted by molar-refractivity contribution is 7.13. The predicted octanol–water partition coefficient (Wildman–Crippen LogP) is 3.08. The number of hydrogen-bond acceptors (Lipinski definition) is 7. The number of ether oxygens (including phenoxy) is 1. The van der Waals surface area contributed by atoms with Gasteiger partial charge in [0.05, 0.1) is 19.1 Å². The lowest BCUT2D eigenvalue weighted by atomic mass is 10.0. The Kier molecular flexibility index (Phi) is 5.93. The van der Waals surface area contributed by atoms with Crippen LogP contribution in [0.1, 0.15) is 43.2 Å². The van der Waals surface area contributed by atoms with Crippen molar-refractivity contribution in [3.63, 3.8) is 0 Å². The van der Waals surface area contributed by atoms with E-state index in [4.69, 9.17) is 4.74 Å². The van der Waals surface area contributed by atoms with Crippen LogP contribution in [-0.2, 0) is 9.53 Å². The molecule has 7 nitrogen and oxygen atoms in total. The van der Waals surface area contributed by atoms with Crippen LogP contribution >= 0.6 is 11.3 Å².